The molecule has 0 amide bonds. The van der Waals surface area contributed by atoms with Gasteiger partial charge in [-0.3, -0.25) is 4.68 Å². The Labute approximate surface area is 117 Å². The quantitative estimate of drug-likeness (QED) is 0.879. The molecule has 2 aromatic rings. The molecule has 5 heteroatoms. The van der Waals surface area contributed by atoms with E-state index in [2.05, 4.69) is 15.9 Å². The molecule has 104 valence electrons. The van der Waals surface area contributed by atoms with Gasteiger partial charge in [-0.05, 0) is 39.3 Å². The van der Waals surface area contributed by atoms with Gasteiger partial charge in [0.1, 0.15) is 4.75 Å². The van der Waals surface area contributed by atoms with Gasteiger partial charge in [-0.1, -0.05) is 12.1 Å². The van der Waals surface area contributed by atoms with Crippen molar-refractivity contribution >= 4 is 22.3 Å². The van der Waals surface area contributed by atoms with Crippen LogP contribution in [0.5, 0.6) is 0 Å². The summed E-state index contributed by atoms with van der Waals surface area (Å²) in [6.07, 6.45) is 2.00. The van der Waals surface area contributed by atoms with Crippen molar-refractivity contribution < 1.29 is 4.55 Å². The second kappa shape index (κ2) is 5.15. The van der Waals surface area contributed by atoms with Gasteiger partial charge in [0.15, 0.2) is 0 Å². The maximum absolute atomic E-state index is 12.2. The molecule has 0 bridgehead atoms. The summed E-state index contributed by atoms with van der Waals surface area (Å²) < 4.78 is 16.9. The molecule has 1 heterocycles. The van der Waals surface area contributed by atoms with E-state index in [1.807, 2.05) is 57.8 Å². The maximum Gasteiger partial charge on any atom is 0.136 e. The van der Waals surface area contributed by atoms with Gasteiger partial charge in [-0.25, -0.2) is 0 Å². The number of benzene rings is 1. The van der Waals surface area contributed by atoms with E-state index in [4.69, 9.17) is 0 Å². The van der Waals surface area contributed by atoms with Crippen molar-refractivity contribution in [1.82, 2.24) is 14.5 Å². The van der Waals surface area contributed by atoms with E-state index in [9.17, 15) is 4.55 Å². The molecule has 4 nitrogen and oxygen atoms in total. The molecule has 0 aliphatic rings. The first-order chi connectivity index (χ1) is 8.79. The Morgan fingerprint density at radius 1 is 1.37 bits per heavy atom. The predicted octanol–water partition coefficient (Wildman–Crippen LogP) is 2.69. The van der Waals surface area contributed by atoms with Crippen molar-refractivity contribution in [3.05, 3.63) is 30.0 Å². The van der Waals surface area contributed by atoms with E-state index in [-0.39, 0.29) is 10.8 Å². The van der Waals surface area contributed by atoms with Crippen LogP contribution in [0.25, 0.3) is 10.9 Å². The zero-order chi connectivity index (χ0) is 14.2. The standard InChI is InChI=1S/C14H21N3OS/c1-10(16-19(18)14(2,3)4)11-7-6-8-13-12(11)9-17(5)15-13/h6-10,16H,1-5H3/t10-,19-/m0/s1. The minimum Gasteiger partial charge on any atom is -0.598 e. The average Bonchev–Trinajstić information content (AvgIpc) is 2.67. The van der Waals surface area contributed by atoms with Crippen LogP contribution in [0.15, 0.2) is 24.4 Å². The average molecular weight is 279 g/mol. The van der Waals surface area contributed by atoms with Crippen LogP contribution in [0.4, 0.5) is 0 Å². The van der Waals surface area contributed by atoms with Crippen molar-refractivity contribution in [2.75, 3.05) is 0 Å². The summed E-state index contributed by atoms with van der Waals surface area (Å²) in [5.74, 6) is 0. The molecule has 1 N–H and O–H groups in total. The molecule has 0 spiro atoms. The van der Waals surface area contributed by atoms with Crippen LogP contribution in [0.2, 0.25) is 0 Å². The van der Waals surface area contributed by atoms with Crippen molar-refractivity contribution in [3.8, 4) is 0 Å². The van der Waals surface area contributed by atoms with Crippen LogP contribution >= 0.6 is 0 Å². The van der Waals surface area contributed by atoms with Crippen molar-refractivity contribution in [2.24, 2.45) is 7.05 Å². The number of rotatable bonds is 3. The van der Waals surface area contributed by atoms with E-state index in [1.165, 1.54) is 0 Å². The SMILES string of the molecule is C[C@H](N[S@@+]([O-])C(C)(C)C)c1cccc2nn(C)cc12. The number of nitrogens with zero attached hydrogens (tertiary/aromatic N) is 2. The van der Waals surface area contributed by atoms with Crippen LogP contribution in [0, 0.1) is 0 Å². The lowest BCUT2D eigenvalue weighted by Gasteiger charge is -2.26. The number of hydrogen-bond donors (Lipinski definition) is 1. The molecule has 0 aliphatic heterocycles. The monoisotopic (exact) mass is 279 g/mol. The van der Waals surface area contributed by atoms with Gasteiger partial charge in [0, 0.05) is 30.0 Å². The van der Waals surface area contributed by atoms with E-state index in [1.54, 1.807) is 0 Å². The summed E-state index contributed by atoms with van der Waals surface area (Å²) in [4.78, 5) is 0. The Hall–Kier alpha value is -1.04. The molecule has 0 fully saturated rings. The Kier molecular flexibility index (Phi) is 3.90. The highest BCUT2D eigenvalue weighted by molar-refractivity contribution is 7.90. The fraction of sp³-hybridized carbons (Fsp3) is 0.500. The first kappa shape index (κ1) is 14.4. The molecule has 0 unspecified atom stereocenters. The van der Waals surface area contributed by atoms with Gasteiger partial charge in [0.05, 0.1) is 11.6 Å². The van der Waals surface area contributed by atoms with Gasteiger partial charge >= 0.3 is 0 Å². The number of fused-ring (bicyclic) bond motifs is 1. The van der Waals surface area contributed by atoms with Gasteiger partial charge in [-0.2, -0.15) is 5.10 Å². The van der Waals surface area contributed by atoms with E-state index < -0.39 is 11.4 Å². The molecule has 0 saturated carbocycles. The Morgan fingerprint density at radius 2 is 2.05 bits per heavy atom. The third-order valence-electron chi connectivity index (χ3n) is 3.00. The zero-order valence-corrected chi connectivity index (χ0v) is 12.9. The summed E-state index contributed by atoms with van der Waals surface area (Å²) in [5.41, 5.74) is 2.10. The maximum atomic E-state index is 12.2. The highest BCUT2D eigenvalue weighted by Crippen LogP contribution is 2.25. The number of aryl methyl sites for hydroxylation is 1. The molecule has 2 atom stereocenters. The van der Waals surface area contributed by atoms with E-state index in [0.29, 0.717) is 0 Å². The van der Waals surface area contributed by atoms with Crippen LogP contribution in [-0.2, 0) is 18.4 Å². The fourth-order valence-corrected chi connectivity index (χ4v) is 2.76. The number of hydrogen-bond acceptors (Lipinski definition) is 3. The summed E-state index contributed by atoms with van der Waals surface area (Å²) in [6.45, 7) is 7.93. The zero-order valence-electron chi connectivity index (χ0n) is 12.1. The lowest BCUT2D eigenvalue weighted by Crippen LogP contribution is -2.40. The molecule has 19 heavy (non-hydrogen) atoms. The van der Waals surface area contributed by atoms with E-state index in [0.717, 1.165) is 16.5 Å². The molecule has 0 aliphatic carbocycles. The Morgan fingerprint density at radius 3 is 2.68 bits per heavy atom. The van der Waals surface area contributed by atoms with Crippen molar-refractivity contribution in [1.29, 1.82) is 0 Å². The second-order valence-corrected chi connectivity index (χ2v) is 7.80. The normalized spacial score (nSPS) is 15.7. The molecule has 2 rings (SSSR count). The first-order valence-electron chi connectivity index (χ1n) is 6.39. The van der Waals surface area contributed by atoms with Gasteiger partial charge in [-0.15, -0.1) is 4.72 Å². The lowest BCUT2D eigenvalue weighted by atomic mass is 10.1. The smallest absolute Gasteiger partial charge is 0.136 e. The third-order valence-corrected chi connectivity index (χ3v) is 4.68. The van der Waals surface area contributed by atoms with Crippen molar-refractivity contribution in [2.45, 2.75) is 38.5 Å². The molecular weight excluding hydrogens is 258 g/mol. The van der Waals surface area contributed by atoms with Gasteiger partial charge in [0.2, 0.25) is 0 Å². The predicted molar refractivity (Wildman–Crippen MR) is 80.2 cm³/mol. The Bertz CT molecular complexity index is 574. The second-order valence-electron chi connectivity index (χ2n) is 5.80. The largest absolute Gasteiger partial charge is 0.598 e. The van der Waals surface area contributed by atoms with Crippen LogP contribution in [0.3, 0.4) is 0 Å². The molecule has 1 aromatic carbocycles. The minimum atomic E-state index is -1.08. The summed E-state index contributed by atoms with van der Waals surface area (Å²) >= 11 is -1.08. The molecule has 0 radical (unpaired) electrons. The highest BCUT2D eigenvalue weighted by atomic mass is 32.2. The molecule has 0 saturated heterocycles. The van der Waals surface area contributed by atoms with Crippen LogP contribution < -0.4 is 4.72 Å². The van der Waals surface area contributed by atoms with Crippen LogP contribution in [-0.4, -0.2) is 19.1 Å². The highest BCUT2D eigenvalue weighted by Gasteiger charge is 2.28. The van der Waals surface area contributed by atoms with E-state index >= 15 is 0 Å². The van der Waals surface area contributed by atoms with Crippen molar-refractivity contribution in [3.63, 3.8) is 0 Å². The summed E-state index contributed by atoms with van der Waals surface area (Å²) in [7, 11) is 1.91. The minimum absolute atomic E-state index is 0.0213. The molecule has 1 aromatic heterocycles. The first-order valence-corrected chi connectivity index (χ1v) is 7.54. The fourth-order valence-electron chi connectivity index (χ4n) is 1.96. The van der Waals surface area contributed by atoms with Gasteiger partial charge < -0.3 is 4.55 Å². The number of nitrogens with one attached hydrogen (secondary N) is 1. The third kappa shape index (κ3) is 3.11. The lowest BCUT2D eigenvalue weighted by molar-refractivity contribution is 0.532. The molecular formula is C14H21N3OS. The topological polar surface area (TPSA) is 52.9 Å². The van der Waals surface area contributed by atoms with Crippen LogP contribution in [0.1, 0.15) is 39.3 Å². The van der Waals surface area contributed by atoms with Gasteiger partial charge in [0.25, 0.3) is 0 Å². The number of aromatic nitrogens is 2. The summed E-state index contributed by atoms with van der Waals surface area (Å²) in [6, 6.07) is 6.06. The Balaban J connectivity index is 2.29. The summed E-state index contributed by atoms with van der Waals surface area (Å²) in [5, 5.41) is 5.50.